The average molecular weight is 1500 g/mol. The molecule has 1 aliphatic carbocycles. The summed E-state index contributed by atoms with van der Waals surface area (Å²) in [7, 11) is 1.56. The van der Waals surface area contributed by atoms with Gasteiger partial charge in [-0.05, 0) is 144 Å². The van der Waals surface area contributed by atoms with Crippen molar-refractivity contribution in [3.05, 3.63) is 142 Å². The fourth-order valence-corrected chi connectivity index (χ4v) is 11.2. The summed E-state index contributed by atoms with van der Waals surface area (Å²) in [4.78, 5) is 55.6. The molecule has 0 spiro atoms. The van der Waals surface area contributed by atoms with Crippen molar-refractivity contribution in [2.24, 2.45) is 23.7 Å². The molecule has 19 nitrogen and oxygen atoms in total. The summed E-state index contributed by atoms with van der Waals surface area (Å²) in [5, 5.41) is 7.44. The first kappa shape index (κ1) is 83.1. The van der Waals surface area contributed by atoms with Crippen molar-refractivity contribution in [2.75, 3.05) is 39.4 Å². The van der Waals surface area contributed by atoms with Gasteiger partial charge in [0.15, 0.2) is 11.5 Å². The molecule has 560 valence electrons. The van der Waals surface area contributed by atoms with Crippen molar-refractivity contribution in [1.29, 1.82) is 0 Å². The maximum atomic E-state index is 13.8. The molecule has 6 aromatic rings. The molecule has 0 bridgehead atoms. The van der Waals surface area contributed by atoms with E-state index in [1.807, 2.05) is 38.2 Å². The highest BCUT2D eigenvalue weighted by Gasteiger charge is 2.43. The standard InChI is InChI=1S/C25H45NO6.C24H24ClF3N2O5.C23H17Cl2F5N2O3/c1-15(2)11-18(26-24(28)32-25(6,7)8)14-29-21-13-22(27)31-23(21)30-20-12-17(5)9-10-19(20)16(3)4;1-15(29-22(31)24(26,27)28)14-34-23-30-21(16-9-11-17(25)12-10-16)20(35-23)8-5-13-33-19-7-4-3-6-18(19)32-2;24-11-14(32-21(33)20-18(26)2-1-3-19(20)27)8-9-34-15-4-6-16(7-5-15)35-22-17(25)10-13(12-31-22)23(28,29)30/h15-21,23H,9-14H2,1-8H3,(H,26,28);3-4,6-7,9-12,15H,5,8,13-14H2,1-2H3,(H,29,31);1-7,10,12,14H,8-9,11H2,(H,32,33)/t17-,18+,19+,20?,21-,23-;;/m1../s1. The predicted octanol–water partition coefficient (Wildman–Crippen LogP) is 17.2. The Bertz CT molecular complexity index is 3620. The number of cyclic esters (lactones) is 1. The molecule has 8 atom stereocenters. The molecule has 1 saturated heterocycles. The minimum absolute atomic E-state index is 0.0150. The van der Waals surface area contributed by atoms with Gasteiger partial charge in [-0.25, -0.2) is 18.6 Å². The number of benzene rings is 4. The van der Waals surface area contributed by atoms with Gasteiger partial charge in [0.05, 0.1) is 57.1 Å². The lowest BCUT2D eigenvalue weighted by Crippen LogP contribution is -2.44. The minimum atomic E-state index is -4.97. The van der Waals surface area contributed by atoms with E-state index < -0.39 is 83.1 Å². The number of alkyl carbamates (subject to hydrolysis) is 1. The van der Waals surface area contributed by atoms with Crippen molar-refractivity contribution in [1.82, 2.24) is 25.9 Å². The number of aromatic nitrogens is 2. The smallest absolute Gasteiger partial charge is 0.471 e. The number of halogens is 11. The molecule has 2 fully saturated rings. The number of para-hydroxylation sites is 2. The van der Waals surface area contributed by atoms with Crippen LogP contribution in [0.25, 0.3) is 11.3 Å². The number of pyridine rings is 1. The highest BCUT2D eigenvalue weighted by molar-refractivity contribution is 6.32. The Kier molecular flexibility index (Phi) is 31.9. The number of rotatable bonds is 29. The van der Waals surface area contributed by atoms with E-state index in [0.717, 1.165) is 43.0 Å². The molecule has 30 heteroatoms. The van der Waals surface area contributed by atoms with Crippen molar-refractivity contribution in [3.63, 3.8) is 0 Å². The highest BCUT2D eigenvalue weighted by atomic mass is 35.5. The number of nitrogens with zero attached hydrogens (tertiary/aromatic N) is 2. The first-order chi connectivity index (χ1) is 48.1. The quantitative estimate of drug-likeness (QED) is 0.0172. The number of oxazole rings is 1. The van der Waals surface area contributed by atoms with Gasteiger partial charge in [-0.3, -0.25) is 14.4 Å². The van der Waals surface area contributed by atoms with E-state index in [2.05, 4.69) is 55.2 Å². The van der Waals surface area contributed by atoms with Crippen LogP contribution < -0.4 is 39.6 Å². The van der Waals surface area contributed by atoms with E-state index in [-0.39, 0.29) is 79.4 Å². The van der Waals surface area contributed by atoms with Gasteiger partial charge < -0.3 is 63.0 Å². The van der Waals surface area contributed by atoms with Crippen LogP contribution in [-0.2, 0) is 41.1 Å². The molecule has 2 aliphatic rings. The van der Waals surface area contributed by atoms with Crippen LogP contribution in [0, 0.1) is 35.3 Å². The Morgan fingerprint density at radius 1 is 0.765 bits per heavy atom. The molecule has 0 radical (unpaired) electrons. The van der Waals surface area contributed by atoms with Crippen molar-refractivity contribution in [2.45, 2.75) is 168 Å². The summed E-state index contributed by atoms with van der Waals surface area (Å²) < 4.78 is 159. The van der Waals surface area contributed by atoms with Crippen molar-refractivity contribution >= 4 is 58.7 Å². The Morgan fingerprint density at radius 2 is 1.43 bits per heavy atom. The summed E-state index contributed by atoms with van der Waals surface area (Å²) in [6.07, 6.45) is -5.14. The molecule has 1 aliphatic heterocycles. The number of esters is 1. The maximum Gasteiger partial charge on any atom is 0.471 e. The van der Waals surface area contributed by atoms with Gasteiger partial charge in [0.2, 0.25) is 12.2 Å². The zero-order valence-corrected chi connectivity index (χ0v) is 60.3. The normalized spacial score (nSPS) is 17.7. The average Bonchev–Trinajstić information content (AvgIpc) is 1.27. The number of hydrogen-bond acceptors (Lipinski definition) is 16. The Morgan fingerprint density at radius 3 is 2.04 bits per heavy atom. The highest BCUT2D eigenvalue weighted by Crippen LogP contribution is 2.39. The third-order valence-electron chi connectivity index (χ3n) is 15.6. The third-order valence-corrected chi connectivity index (χ3v) is 16.5. The number of alkyl halides is 7. The number of amides is 3. The lowest BCUT2D eigenvalue weighted by molar-refractivity contribution is -0.212. The second-order valence-corrected chi connectivity index (χ2v) is 27.2. The Hall–Kier alpha value is -7.85. The molecule has 3 heterocycles. The Labute approximate surface area is 602 Å². The van der Waals surface area contributed by atoms with E-state index in [4.69, 9.17) is 81.9 Å². The second-order valence-electron chi connectivity index (χ2n) is 26.1. The van der Waals surface area contributed by atoms with Crippen LogP contribution in [0.15, 0.2) is 108 Å². The second kappa shape index (κ2) is 39.1. The van der Waals surface area contributed by atoms with Crippen LogP contribution in [0.5, 0.6) is 35.0 Å². The van der Waals surface area contributed by atoms with Crippen LogP contribution in [0.2, 0.25) is 10.0 Å². The largest absolute Gasteiger partial charge is 0.494 e. The summed E-state index contributed by atoms with van der Waals surface area (Å²) in [6.45, 7) is 18.3. The van der Waals surface area contributed by atoms with Gasteiger partial charge in [0.1, 0.15) is 63.5 Å². The van der Waals surface area contributed by atoms with Crippen molar-refractivity contribution in [3.8, 4) is 46.2 Å². The van der Waals surface area contributed by atoms with Crippen LogP contribution in [0.4, 0.5) is 39.9 Å². The summed E-state index contributed by atoms with van der Waals surface area (Å²) in [5.41, 5.74) is -1.01. The molecular weight excluding hydrogens is 1420 g/mol. The van der Waals surface area contributed by atoms with E-state index in [1.165, 1.54) is 37.6 Å². The summed E-state index contributed by atoms with van der Waals surface area (Å²) in [6, 6.07) is 22.4. The van der Waals surface area contributed by atoms with E-state index >= 15 is 0 Å². The molecule has 2 aromatic heterocycles. The van der Waals surface area contributed by atoms with Gasteiger partial charge in [-0.15, -0.1) is 11.6 Å². The van der Waals surface area contributed by atoms with Gasteiger partial charge >= 0.3 is 36.4 Å². The van der Waals surface area contributed by atoms with E-state index in [1.54, 1.807) is 43.5 Å². The van der Waals surface area contributed by atoms with E-state index in [9.17, 15) is 54.3 Å². The number of ether oxygens (including phenoxy) is 9. The molecule has 4 aromatic carbocycles. The number of aryl methyl sites for hydroxylation is 1. The predicted molar refractivity (Wildman–Crippen MR) is 365 cm³/mol. The molecule has 8 rings (SSSR count). The minimum Gasteiger partial charge on any atom is -0.494 e. The number of carbonyl (C=O) groups excluding carboxylic acids is 4. The summed E-state index contributed by atoms with van der Waals surface area (Å²) >= 11 is 17.7. The molecular formula is C72H86Cl3F8N5O14. The lowest BCUT2D eigenvalue weighted by atomic mass is 9.75. The summed E-state index contributed by atoms with van der Waals surface area (Å²) in [5.74, 6) is -1.10. The number of hydrogen-bond donors (Lipinski definition) is 3. The van der Waals surface area contributed by atoms with Crippen LogP contribution in [-0.4, -0.2) is 122 Å². The van der Waals surface area contributed by atoms with Gasteiger partial charge in [-0.1, -0.05) is 94.6 Å². The van der Waals surface area contributed by atoms with Gasteiger partial charge in [0.25, 0.3) is 5.91 Å². The van der Waals surface area contributed by atoms with Gasteiger partial charge in [-0.2, -0.15) is 31.3 Å². The lowest BCUT2D eigenvalue weighted by Gasteiger charge is -2.38. The monoisotopic (exact) mass is 1500 g/mol. The molecule has 3 unspecified atom stereocenters. The molecule has 3 N–H and O–H groups in total. The molecule has 3 amide bonds. The third kappa shape index (κ3) is 27.4. The van der Waals surface area contributed by atoms with Crippen LogP contribution >= 0.6 is 34.8 Å². The fraction of sp³-hybridized carbons (Fsp3) is 0.500. The SMILES string of the molecule is CC(C)C[C@@H](CO[C@@H]1CC(=O)O[C@H]1OC1C[C@H](C)CC[C@H]1C(C)C)NC(=O)OC(C)(C)C.COc1ccccc1OCCCc1oc(OCC(C)NC(=O)C(F)(F)F)nc1-c1ccc(Cl)cc1.O=C(NC(CCl)CCOc1ccc(Oc2ncc(C(F)(F)F)cc2Cl)cc1)c1c(F)cccc1F. The fourth-order valence-electron chi connectivity index (χ4n) is 10.6. The molecule has 102 heavy (non-hydrogen) atoms. The first-order valence-electron chi connectivity index (χ1n) is 33.0. The zero-order valence-electron chi connectivity index (χ0n) is 58.0. The zero-order chi connectivity index (χ0) is 75.1. The van der Waals surface area contributed by atoms with Gasteiger partial charge in [0, 0.05) is 41.5 Å². The first-order valence-corrected chi connectivity index (χ1v) is 34.3. The van der Waals surface area contributed by atoms with Crippen molar-refractivity contribution < 1.29 is 101 Å². The topological polar surface area (TPSA) is 226 Å². The maximum absolute atomic E-state index is 13.8. The van der Waals surface area contributed by atoms with E-state index in [0.29, 0.717) is 89.1 Å². The molecule has 1 saturated carbocycles. The number of nitrogens with one attached hydrogen (secondary N) is 3. The Balaban J connectivity index is 0.000000241. The number of methoxy groups -OCH3 is 1. The number of carbonyl (C=O) groups is 4. The van der Waals surface area contributed by atoms with Crippen LogP contribution in [0.1, 0.15) is 129 Å². The van der Waals surface area contributed by atoms with Crippen LogP contribution in [0.3, 0.4) is 0 Å².